The highest BCUT2D eigenvalue weighted by molar-refractivity contribution is 14.1. The van der Waals surface area contributed by atoms with Gasteiger partial charge in [-0.05, 0) is 73.8 Å². The Morgan fingerprint density at radius 3 is 2.35 bits per heavy atom. The van der Waals surface area contributed by atoms with Gasteiger partial charge >= 0.3 is 21.5 Å². The monoisotopic (exact) mass is 690 g/mol. The van der Waals surface area contributed by atoms with E-state index >= 15 is 0 Å². The molecule has 3 N–H and O–H groups in total. The Kier molecular flexibility index (Phi) is 7.61. The summed E-state index contributed by atoms with van der Waals surface area (Å²) < 4.78 is 65.7. The molecule has 0 saturated carbocycles. The molecule has 0 aliphatic heterocycles. The first-order chi connectivity index (χ1) is 10.4. The zero-order valence-corrected chi connectivity index (χ0v) is 18.2. The zero-order chi connectivity index (χ0) is 18.0. The summed E-state index contributed by atoms with van der Waals surface area (Å²) in [5.41, 5.74) is 0.965. The van der Waals surface area contributed by atoms with E-state index in [1.165, 1.54) is 4.72 Å². The van der Waals surface area contributed by atoms with Crippen LogP contribution < -0.4 is 10.5 Å². The molecule has 0 bridgehead atoms. The summed E-state index contributed by atoms with van der Waals surface area (Å²) in [5.74, 6) is -0.798. The van der Waals surface area contributed by atoms with Crippen LogP contribution in [0.25, 0.3) is 0 Å². The van der Waals surface area contributed by atoms with Gasteiger partial charge in [-0.1, -0.05) is 0 Å². The molecule has 0 heterocycles. The van der Waals surface area contributed by atoms with Crippen LogP contribution in [0.15, 0.2) is 6.07 Å². The van der Waals surface area contributed by atoms with Crippen molar-refractivity contribution < 1.29 is 31.1 Å². The number of anilines is 1. The number of hydrogen-bond acceptors (Lipinski definition) is 5. The molecule has 6 nitrogen and oxygen atoms in total. The van der Waals surface area contributed by atoms with E-state index in [1.54, 1.807) is 6.07 Å². The molecule has 13 heteroatoms. The first-order valence-electron chi connectivity index (χ1n) is 5.54. The average molecular weight is 690 g/mol. The van der Waals surface area contributed by atoms with Crippen LogP contribution in [0.4, 0.5) is 18.9 Å². The number of carbonyl (C=O) groups is 1. The molecule has 1 aromatic rings. The molecule has 0 aliphatic rings. The third-order valence-corrected chi connectivity index (χ3v) is 6.40. The molecule has 0 unspecified atom stereocenters. The first-order valence-corrected chi connectivity index (χ1v) is 10.3. The second-order valence-electron chi connectivity index (χ2n) is 3.92. The summed E-state index contributed by atoms with van der Waals surface area (Å²) in [4.78, 5) is 12.0. The fraction of sp³-hybridized carbons (Fsp3) is 0.300. The van der Waals surface area contributed by atoms with E-state index in [1.807, 2.05) is 67.8 Å². The van der Waals surface area contributed by atoms with Gasteiger partial charge in [0.25, 0.3) is 0 Å². The van der Waals surface area contributed by atoms with Crippen LogP contribution in [-0.4, -0.2) is 33.0 Å². The van der Waals surface area contributed by atoms with Gasteiger partial charge in [-0.25, -0.2) is 17.9 Å². The maximum atomic E-state index is 12.1. The molecule has 0 atom stereocenters. The average Bonchev–Trinajstić information content (AvgIpc) is 2.40. The van der Waals surface area contributed by atoms with E-state index in [2.05, 4.69) is 0 Å². The standard InChI is InChI=1S/C10H8F3I3N2O4S/c11-10(12,13)23(20,21)18-1-2-22-9(19)6-4(14)3-5(15)8(17)7(6)16/h3,18H,1-2,17H2. The van der Waals surface area contributed by atoms with Crippen molar-refractivity contribution in [2.24, 2.45) is 0 Å². The lowest BCUT2D eigenvalue weighted by Crippen LogP contribution is -2.38. The quantitative estimate of drug-likeness (QED) is 0.215. The number of halogens is 6. The second kappa shape index (κ2) is 8.17. The molecule has 1 rings (SSSR count). The van der Waals surface area contributed by atoms with E-state index in [0.29, 0.717) is 12.8 Å². The Morgan fingerprint density at radius 2 is 1.83 bits per heavy atom. The van der Waals surface area contributed by atoms with Gasteiger partial charge in [0.1, 0.15) is 6.61 Å². The number of carbonyl (C=O) groups excluding carboxylic acids is 1. The van der Waals surface area contributed by atoms with E-state index in [9.17, 15) is 26.4 Å². The van der Waals surface area contributed by atoms with Crippen LogP contribution in [0.5, 0.6) is 0 Å². The van der Waals surface area contributed by atoms with Crippen molar-refractivity contribution in [3.05, 3.63) is 22.3 Å². The molecular weight excluding hydrogens is 682 g/mol. The highest BCUT2D eigenvalue weighted by Gasteiger charge is 2.45. The van der Waals surface area contributed by atoms with Crippen molar-refractivity contribution in [3.63, 3.8) is 0 Å². The minimum absolute atomic E-state index is 0.183. The number of benzene rings is 1. The van der Waals surface area contributed by atoms with Crippen molar-refractivity contribution in [1.82, 2.24) is 4.72 Å². The maximum Gasteiger partial charge on any atom is 0.511 e. The molecule has 0 radical (unpaired) electrons. The van der Waals surface area contributed by atoms with Gasteiger partial charge < -0.3 is 10.5 Å². The molecule has 0 fully saturated rings. The predicted octanol–water partition coefficient (Wildman–Crippen LogP) is 2.68. The van der Waals surface area contributed by atoms with Crippen molar-refractivity contribution >= 4 is 89.5 Å². The lowest BCUT2D eigenvalue weighted by atomic mass is 10.2. The first kappa shape index (κ1) is 21.4. The fourth-order valence-corrected chi connectivity index (χ4v) is 5.59. The Morgan fingerprint density at radius 1 is 1.26 bits per heavy atom. The minimum atomic E-state index is -5.45. The summed E-state index contributed by atoms with van der Waals surface area (Å²) in [5, 5.41) is 0. The molecule has 0 amide bonds. The minimum Gasteiger partial charge on any atom is -0.461 e. The number of ether oxygens (including phenoxy) is 1. The largest absolute Gasteiger partial charge is 0.511 e. The molecule has 0 saturated heterocycles. The second-order valence-corrected chi connectivity index (χ2v) is 9.08. The van der Waals surface area contributed by atoms with Gasteiger partial charge in [0.15, 0.2) is 0 Å². The molecule has 0 spiro atoms. The summed E-state index contributed by atoms with van der Waals surface area (Å²) in [6.07, 6.45) is 0. The lowest BCUT2D eigenvalue weighted by Gasteiger charge is -2.12. The van der Waals surface area contributed by atoms with Crippen LogP contribution in [0, 0.1) is 10.7 Å². The van der Waals surface area contributed by atoms with Crippen molar-refractivity contribution in [2.75, 3.05) is 18.9 Å². The van der Waals surface area contributed by atoms with Crippen molar-refractivity contribution in [3.8, 4) is 0 Å². The SMILES string of the molecule is Nc1c(I)cc(I)c(C(=O)OCCNS(=O)(=O)C(F)(F)F)c1I. The number of rotatable bonds is 5. The topological polar surface area (TPSA) is 98.5 Å². The van der Waals surface area contributed by atoms with E-state index in [-0.39, 0.29) is 5.56 Å². The Balaban J connectivity index is 2.72. The molecule has 0 aliphatic carbocycles. The van der Waals surface area contributed by atoms with Crippen LogP contribution >= 0.6 is 67.8 Å². The van der Waals surface area contributed by atoms with Crippen LogP contribution in [-0.2, 0) is 14.8 Å². The number of nitrogens with two attached hydrogens (primary N) is 1. The third-order valence-electron chi connectivity index (χ3n) is 2.34. The molecule has 130 valence electrons. The van der Waals surface area contributed by atoms with Gasteiger partial charge in [-0.15, -0.1) is 0 Å². The van der Waals surface area contributed by atoms with Crippen molar-refractivity contribution in [2.45, 2.75) is 5.51 Å². The smallest absolute Gasteiger partial charge is 0.461 e. The fourth-order valence-electron chi connectivity index (χ4n) is 1.27. The van der Waals surface area contributed by atoms with Gasteiger partial charge in [-0.2, -0.15) is 13.2 Å². The highest BCUT2D eigenvalue weighted by Crippen LogP contribution is 2.30. The molecule has 1 aromatic carbocycles. The number of hydrogen-bond donors (Lipinski definition) is 2. The van der Waals surface area contributed by atoms with Crippen LogP contribution in [0.2, 0.25) is 0 Å². The maximum absolute atomic E-state index is 12.1. The highest BCUT2D eigenvalue weighted by atomic mass is 127. The van der Waals surface area contributed by atoms with E-state index in [4.69, 9.17) is 10.5 Å². The Labute approximate surface area is 170 Å². The van der Waals surface area contributed by atoms with Crippen molar-refractivity contribution in [1.29, 1.82) is 0 Å². The molecule has 0 aromatic heterocycles. The van der Waals surface area contributed by atoms with Crippen LogP contribution in [0.3, 0.4) is 0 Å². The van der Waals surface area contributed by atoms with Gasteiger partial charge in [0.05, 0.1) is 14.8 Å². The summed E-state index contributed by atoms with van der Waals surface area (Å²) in [6.45, 7) is -1.24. The van der Waals surface area contributed by atoms with Gasteiger partial charge in [0.2, 0.25) is 0 Å². The lowest BCUT2D eigenvalue weighted by molar-refractivity contribution is -0.0448. The molecule has 23 heavy (non-hydrogen) atoms. The third kappa shape index (κ3) is 5.43. The summed E-state index contributed by atoms with van der Waals surface area (Å²) >= 11 is 5.76. The number of sulfonamides is 1. The Hall–Kier alpha value is 0.380. The normalized spacial score (nSPS) is 12.3. The van der Waals surface area contributed by atoms with E-state index in [0.717, 1.165) is 3.57 Å². The zero-order valence-electron chi connectivity index (χ0n) is 10.9. The number of nitrogen functional groups attached to an aromatic ring is 1. The number of esters is 1. The molecular formula is C10H8F3I3N2O4S. The summed E-state index contributed by atoms with van der Waals surface area (Å²) in [7, 11) is -5.45. The Bertz CT molecular complexity index is 725. The van der Waals surface area contributed by atoms with Gasteiger partial charge in [0, 0.05) is 13.7 Å². The summed E-state index contributed by atoms with van der Waals surface area (Å²) in [6, 6.07) is 1.65. The number of nitrogens with one attached hydrogen (secondary N) is 1. The van der Waals surface area contributed by atoms with E-state index < -0.39 is 34.7 Å². The van der Waals surface area contributed by atoms with Crippen LogP contribution in [0.1, 0.15) is 10.4 Å². The predicted molar refractivity (Wildman–Crippen MR) is 102 cm³/mol. The number of alkyl halides is 3. The van der Waals surface area contributed by atoms with Gasteiger partial charge in [-0.3, -0.25) is 0 Å².